The molecule has 24 heavy (non-hydrogen) atoms. The molecule has 5 nitrogen and oxygen atoms in total. The fourth-order valence-electron chi connectivity index (χ4n) is 3.18. The van der Waals surface area contributed by atoms with E-state index in [-0.39, 0.29) is 11.9 Å². The predicted molar refractivity (Wildman–Crippen MR) is 89.4 cm³/mol. The van der Waals surface area contributed by atoms with E-state index in [1.54, 1.807) is 19.2 Å². The molecule has 2 heterocycles. The summed E-state index contributed by atoms with van der Waals surface area (Å²) in [7, 11) is 1.58. The first-order valence-electron chi connectivity index (χ1n) is 8.38. The number of hydrogen-bond donors (Lipinski definition) is 1. The number of aryl methyl sites for hydroxylation is 1. The van der Waals surface area contributed by atoms with Gasteiger partial charge in [0, 0.05) is 50.1 Å². The topological polar surface area (TPSA) is 48.3 Å². The number of nitrogens with zero attached hydrogens (tertiary/aromatic N) is 2. The van der Waals surface area contributed by atoms with Crippen LogP contribution < -0.4 is 10.1 Å². The van der Waals surface area contributed by atoms with Gasteiger partial charge in [-0.15, -0.1) is 0 Å². The molecule has 1 aliphatic rings. The van der Waals surface area contributed by atoms with Crippen LogP contribution in [-0.4, -0.2) is 29.8 Å². The highest BCUT2D eigenvalue weighted by atomic mass is 19.1. The average Bonchev–Trinajstić information content (AvgIpc) is 3.24. The minimum absolute atomic E-state index is 0.00241. The molecule has 130 valence electrons. The van der Waals surface area contributed by atoms with Crippen LogP contribution in [0.2, 0.25) is 0 Å². The van der Waals surface area contributed by atoms with Gasteiger partial charge in [-0.2, -0.15) is 0 Å². The van der Waals surface area contributed by atoms with Crippen LogP contribution in [0.4, 0.5) is 4.39 Å². The van der Waals surface area contributed by atoms with Crippen molar-refractivity contribution >= 4 is 0 Å². The maximum atomic E-state index is 13.9. The van der Waals surface area contributed by atoms with Gasteiger partial charge in [-0.1, -0.05) is 0 Å². The van der Waals surface area contributed by atoms with E-state index in [2.05, 4.69) is 21.8 Å². The summed E-state index contributed by atoms with van der Waals surface area (Å²) in [6, 6.07) is 4.80. The number of halogens is 1. The van der Waals surface area contributed by atoms with Crippen molar-refractivity contribution < 1.29 is 13.9 Å². The van der Waals surface area contributed by atoms with E-state index in [0.717, 1.165) is 31.9 Å². The first-order chi connectivity index (χ1) is 11.7. The van der Waals surface area contributed by atoms with Gasteiger partial charge < -0.3 is 19.4 Å². The van der Waals surface area contributed by atoms with E-state index in [0.29, 0.717) is 23.8 Å². The largest absolute Gasteiger partial charge is 0.497 e. The normalized spacial score (nSPS) is 20.5. The van der Waals surface area contributed by atoms with E-state index >= 15 is 0 Å². The third-order valence-electron chi connectivity index (χ3n) is 4.53. The maximum Gasteiger partial charge on any atom is 0.138 e. The van der Waals surface area contributed by atoms with Crippen molar-refractivity contribution in [2.75, 3.05) is 20.3 Å². The van der Waals surface area contributed by atoms with Crippen molar-refractivity contribution in [2.24, 2.45) is 5.92 Å². The van der Waals surface area contributed by atoms with Crippen molar-refractivity contribution in [3.63, 3.8) is 0 Å². The Morgan fingerprint density at radius 1 is 1.46 bits per heavy atom. The molecule has 0 amide bonds. The van der Waals surface area contributed by atoms with Gasteiger partial charge in [-0.3, -0.25) is 0 Å². The van der Waals surface area contributed by atoms with Crippen molar-refractivity contribution in [1.29, 1.82) is 0 Å². The fraction of sp³-hybridized carbons (Fsp3) is 0.500. The number of methoxy groups -OCH3 is 1. The lowest BCUT2D eigenvalue weighted by Crippen LogP contribution is -2.26. The van der Waals surface area contributed by atoms with Crippen LogP contribution in [0.1, 0.15) is 30.8 Å². The summed E-state index contributed by atoms with van der Waals surface area (Å²) in [6.45, 7) is 4.94. The van der Waals surface area contributed by atoms with E-state index in [9.17, 15) is 4.39 Å². The lowest BCUT2D eigenvalue weighted by atomic mass is 10.0. The second kappa shape index (κ2) is 7.77. The van der Waals surface area contributed by atoms with E-state index in [1.807, 2.05) is 12.4 Å². The number of rotatable bonds is 7. The molecule has 1 aliphatic heterocycles. The number of benzene rings is 1. The Labute approximate surface area is 141 Å². The zero-order valence-corrected chi connectivity index (χ0v) is 14.2. The highest BCUT2D eigenvalue weighted by Gasteiger charge is 2.32. The minimum atomic E-state index is -0.218. The van der Waals surface area contributed by atoms with Gasteiger partial charge in [0.1, 0.15) is 23.5 Å². The summed E-state index contributed by atoms with van der Waals surface area (Å²) in [5.41, 5.74) is 0.611. The molecule has 1 aromatic carbocycles. The number of nitrogens with one attached hydrogen (secondary N) is 1. The van der Waals surface area contributed by atoms with Gasteiger partial charge in [0.15, 0.2) is 0 Å². The lowest BCUT2D eigenvalue weighted by Gasteiger charge is -2.19. The molecule has 0 spiro atoms. The summed E-state index contributed by atoms with van der Waals surface area (Å²) in [5, 5.41) is 3.35. The van der Waals surface area contributed by atoms with E-state index < -0.39 is 0 Å². The Balaban J connectivity index is 1.60. The molecule has 0 saturated carbocycles. The molecule has 0 unspecified atom stereocenters. The summed E-state index contributed by atoms with van der Waals surface area (Å²) < 4.78 is 27.0. The first kappa shape index (κ1) is 16.9. The van der Waals surface area contributed by atoms with Gasteiger partial charge in [0.25, 0.3) is 0 Å². The quantitative estimate of drug-likeness (QED) is 0.846. The van der Waals surface area contributed by atoms with Gasteiger partial charge in [0.2, 0.25) is 0 Å². The Morgan fingerprint density at radius 3 is 3.12 bits per heavy atom. The first-order valence-corrected chi connectivity index (χ1v) is 8.38. The molecule has 0 radical (unpaired) electrons. The molecule has 1 saturated heterocycles. The Morgan fingerprint density at radius 2 is 2.33 bits per heavy atom. The molecule has 1 aromatic heterocycles. The Hall–Kier alpha value is -1.92. The van der Waals surface area contributed by atoms with Crippen LogP contribution in [-0.2, 0) is 17.8 Å². The highest BCUT2D eigenvalue weighted by molar-refractivity contribution is 5.29. The van der Waals surface area contributed by atoms with Crippen LogP contribution in [0.5, 0.6) is 5.75 Å². The van der Waals surface area contributed by atoms with Gasteiger partial charge >= 0.3 is 0 Å². The van der Waals surface area contributed by atoms with E-state index in [1.165, 1.54) is 6.07 Å². The monoisotopic (exact) mass is 333 g/mol. The van der Waals surface area contributed by atoms with Crippen molar-refractivity contribution in [2.45, 2.75) is 32.5 Å². The molecule has 6 heteroatoms. The molecule has 2 aromatic rings. The standard InChI is InChI=1S/C18H24FN3O2/c1-3-22-8-7-21-18(22)17-13(6-9-24-17)11-20-12-14-10-15(23-2)4-5-16(14)19/h4-5,7-8,10,13,17,20H,3,6,9,11-12H2,1-2H3/t13-,17+/m0/s1. The predicted octanol–water partition coefficient (Wildman–Crippen LogP) is 2.92. The Kier molecular flexibility index (Phi) is 5.48. The van der Waals surface area contributed by atoms with Crippen LogP contribution in [0.3, 0.4) is 0 Å². The Bertz CT molecular complexity index is 674. The third kappa shape index (κ3) is 3.60. The molecule has 2 atom stereocenters. The molecular formula is C18H24FN3O2. The van der Waals surface area contributed by atoms with Crippen molar-refractivity contribution in [3.8, 4) is 5.75 Å². The SMILES string of the molecule is CCn1ccnc1[C@@H]1OCC[C@H]1CNCc1cc(OC)ccc1F. The number of ether oxygens (including phenoxy) is 2. The summed E-state index contributed by atoms with van der Waals surface area (Å²) in [6.07, 6.45) is 4.78. The zero-order valence-electron chi connectivity index (χ0n) is 14.2. The van der Waals surface area contributed by atoms with Crippen molar-refractivity contribution in [3.05, 3.63) is 47.8 Å². The molecule has 0 bridgehead atoms. The van der Waals surface area contributed by atoms with Gasteiger partial charge in [-0.05, 0) is 31.5 Å². The van der Waals surface area contributed by atoms with Crippen LogP contribution >= 0.6 is 0 Å². The smallest absolute Gasteiger partial charge is 0.138 e. The maximum absolute atomic E-state index is 13.9. The van der Waals surface area contributed by atoms with Gasteiger partial charge in [-0.25, -0.2) is 9.37 Å². The molecule has 1 fully saturated rings. The van der Waals surface area contributed by atoms with Gasteiger partial charge in [0.05, 0.1) is 7.11 Å². The molecular weight excluding hydrogens is 309 g/mol. The second-order valence-corrected chi connectivity index (χ2v) is 6.00. The van der Waals surface area contributed by atoms with E-state index in [4.69, 9.17) is 9.47 Å². The average molecular weight is 333 g/mol. The summed E-state index contributed by atoms with van der Waals surface area (Å²) in [4.78, 5) is 4.46. The fourth-order valence-corrected chi connectivity index (χ4v) is 3.18. The molecule has 1 N–H and O–H groups in total. The summed E-state index contributed by atoms with van der Waals surface area (Å²) >= 11 is 0. The number of imidazole rings is 1. The van der Waals surface area contributed by atoms with Crippen LogP contribution in [0.25, 0.3) is 0 Å². The van der Waals surface area contributed by atoms with Crippen LogP contribution in [0, 0.1) is 11.7 Å². The highest BCUT2D eigenvalue weighted by Crippen LogP contribution is 2.33. The number of hydrogen-bond acceptors (Lipinski definition) is 4. The van der Waals surface area contributed by atoms with Crippen molar-refractivity contribution in [1.82, 2.24) is 14.9 Å². The molecule has 3 rings (SSSR count). The minimum Gasteiger partial charge on any atom is -0.497 e. The number of aromatic nitrogens is 2. The molecule has 0 aliphatic carbocycles. The zero-order chi connectivity index (χ0) is 16.9. The summed E-state index contributed by atoms with van der Waals surface area (Å²) in [5.74, 6) is 1.77. The third-order valence-corrected chi connectivity index (χ3v) is 4.53. The second-order valence-electron chi connectivity index (χ2n) is 6.00. The lowest BCUT2D eigenvalue weighted by molar-refractivity contribution is 0.0804. The van der Waals surface area contributed by atoms with Crippen LogP contribution in [0.15, 0.2) is 30.6 Å².